The molecule has 1 aliphatic carbocycles. The first kappa shape index (κ1) is 17.3. The first-order chi connectivity index (χ1) is 11.2. The van der Waals surface area contributed by atoms with E-state index >= 15 is 0 Å². The molecule has 1 fully saturated rings. The van der Waals surface area contributed by atoms with Crippen molar-refractivity contribution in [1.29, 1.82) is 0 Å². The standard InChI is InChI=1S/C17H19ClN4O.ClH/c18-12-5-3-11(4-6-12)15(10-1-2-10)20-17(23)16-13-9-19-8-7-14(13)21-22-16;/h3-6,10,15,19H,1-2,7-9H2,(H,20,23)(H,21,22);1H. The summed E-state index contributed by atoms with van der Waals surface area (Å²) in [6.07, 6.45) is 3.18. The number of H-pyrrole nitrogens is 1. The second-order valence-electron chi connectivity index (χ2n) is 6.30. The van der Waals surface area contributed by atoms with Gasteiger partial charge in [0, 0.05) is 35.8 Å². The molecular weight excluding hydrogens is 347 g/mol. The van der Waals surface area contributed by atoms with Gasteiger partial charge in [0.15, 0.2) is 5.69 Å². The van der Waals surface area contributed by atoms with Crippen LogP contribution in [-0.4, -0.2) is 22.6 Å². The maximum absolute atomic E-state index is 12.7. The molecule has 4 rings (SSSR count). The van der Waals surface area contributed by atoms with Crippen LogP contribution in [-0.2, 0) is 13.0 Å². The van der Waals surface area contributed by atoms with Crippen molar-refractivity contribution in [1.82, 2.24) is 20.8 Å². The third-order valence-electron chi connectivity index (χ3n) is 4.63. The summed E-state index contributed by atoms with van der Waals surface area (Å²) < 4.78 is 0. The number of aromatic amines is 1. The molecule has 1 aliphatic heterocycles. The monoisotopic (exact) mass is 366 g/mol. The average molecular weight is 367 g/mol. The number of hydrogen-bond donors (Lipinski definition) is 3. The largest absolute Gasteiger partial charge is 0.344 e. The van der Waals surface area contributed by atoms with Crippen LogP contribution in [0.4, 0.5) is 0 Å². The van der Waals surface area contributed by atoms with E-state index in [2.05, 4.69) is 20.8 Å². The van der Waals surface area contributed by atoms with Crippen LogP contribution < -0.4 is 10.6 Å². The van der Waals surface area contributed by atoms with Crippen LogP contribution in [0.1, 0.15) is 46.2 Å². The van der Waals surface area contributed by atoms with Gasteiger partial charge >= 0.3 is 0 Å². The number of nitrogens with one attached hydrogen (secondary N) is 3. The minimum Gasteiger partial charge on any atom is -0.344 e. The van der Waals surface area contributed by atoms with Gasteiger partial charge in [-0.15, -0.1) is 12.4 Å². The van der Waals surface area contributed by atoms with Gasteiger partial charge in [-0.25, -0.2) is 0 Å². The minimum absolute atomic E-state index is 0. The van der Waals surface area contributed by atoms with Crippen molar-refractivity contribution in [2.24, 2.45) is 5.92 Å². The lowest BCUT2D eigenvalue weighted by atomic mass is 10.0. The molecule has 0 saturated heterocycles. The predicted molar refractivity (Wildman–Crippen MR) is 95.6 cm³/mol. The van der Waals surface area contributed by atoms with Gasteiger partial charge in [-0.3, -0.25) is 9.89 Å². The minimum atomic E-state index is -0.0990. The molecule has 2 aliphatic rings. The van der Waals surface area contributed by atoms with Gasteiger partial charge in [0.05, 0.1) is 6.04 Å². The van der Waals surface area contributed by atoms with Crippen LogP contribution in [0.5, 0.6) is 0 Å². The number of benzene rings is 1. The number of fused-ring (bicyclic) bond motifs is 1. The molecule has 3 N–H and O–H groups in total. The summed E-state index contributed by atoms with van der Waals surface area (Å²) in [6, 6.07) is 7.77. The molecular formula is C17H20Cl2N4O. The van der Waals surface area contributed by atoms with Gasteiger partial charge in [-0.2, -0.15) is 5.10 Å². The molecule has 0 bridgehead atoms. The highest BCUT2D eigenvalue weighted by Gasteiger charge is 2.34. The molecule has 1 aromatic heterocycles. The Morgan fingerprint density at radius 2 is 2.04 bits per heavy atom. The van der Waals surface area contributed by atoms with E-state index in [1.807, 2.05) is 24.3 Å². The number of rotatable bonds is 4. The fourth-order valence-electron chi connectivity index (χ4n) is 3.20. The van der Waals surface area contributed by atoms with Crippen molar-refractivity contribution in [3.05, 3.63) is 51.8 Å². The Kier molecular flexibility index (Phi) is 5.13. The Morgan fingerprint density at radius 3 is 2.75 bits per heavy atom. The normalized spacial score (nSPS) is 17.5. The molecule has 0 spiro atoms. The van der Waals surface area contributed by atoms with Gasteiger partial charge in [-0.05, 0) is 36.5 Å². The van der Waals surface area contributed by atoms with Crippen LogP contribution in [0.25, 0.3) is 0 Å². The molecule has 2 heterocycles. The number of nitrogens with zero attached hydrogens (tertiary/aromatic N) is 1. The van der Waals surface area contributed by atoms with E-state index in [-0.39, 0.29) is 24.4 Å². The highest BCUT2D eigenvalue weighted by atomic mass is 35.5. The van der Waals surface area contributed by atoms with Crippen molar-refractivity contribution in [2.75, 3.05) is 6.54 Å². The Balaban J connectivity index is 0.00000169. The molecule has 1 aromatic carbocycles. The van der Waals surface area contributed by atoms with Gasteiger partial charge in [0.2, 0.25) is 0 Å². The van der Waals surface area contributed by atoms with Gasteiger partial charge < -0.3 is 10.6 Å². The lowest BCUT2D eigenvalue weighted by Crippen LogP contribution is -2.32. The number of aromatic nitrogens is 2. The predicted octanol–water partition coefficient (Wildman–Crippen LogP) is 3.01. The number of halogens is 2. The van der Waals surface area contributed by atoms with Crippen LogP contribution in [0.2, 0.25) is 5.02 Å². The summed E-state index contributed by atoms with van der Waals surface area (Å²) in [5.41, 5.74) is 3.70. The van der Waals surface area contributed by atoms with E-state index in [9.17, 15) is 4.79 Å². The highest BCUT2D eigenvalue weighted by molar-refractivity contribution is 6.30. The van der Waals surface area contributed by atoms with E-state index in [1.54, 1.807) is 0 Å². The molecule has 1 saturated carbocycles. The smallest absolute Gasteiger partial charge is 0.272 e. The SMILES string of the molecule is Cl.O=C(NC(c1ccc(Cl)cc1)C1CC1)c1n[nH]c2c1CNCC2. The molecule has 7 heteroatoms. The maximum atomic E-state index is 12.7. The Morgan fingerprint density at radius 1 is 1.29 bits per heavy atom. The quantitative estimate of drug-likeness (QED) is 0.778. The highest BCUT2D eigenvalue weighted by Crippen LogP contribution is 2.41. The van der Waals surface area contributed by atoms with E-state index in [1.165, 1.54) is 0 Å². The average Bonchev–Trinajstić information content (AvgIpc) is 3.32. The Labute approximate surface area is 152 Å². The Bertz CT molecular complexity index is 725. The molecule has 1 amide bonds. The molecule has 2 aromatic rings. The fraction of sp³-hybridized carbons (Fsp3) is 0.412. The van der Waals surface area contributed by atoms with Gasteiger partial charge in [-0.1, -0.05) is 23.7 Å². The summed E-state index contributed by atoms with van der Waals surface area (Å²) in [6.45, 7) is 1.62. The maximum Gasteiger partial charge on any atom is 0.272 e. The lowest BCUT2D eigenvalue weighted by Gasteiger charge is -2.19. The molecule has 5 nitrogen and oxygen atoms in total. The van der Waals surface area contributed by atoms with Crippen molar-refractivity contribution < 1.29 is 4.79 Å². The van der Waals surface area contributed by atoms with Gasteiger partial charge in [0.25, 0.3) is 5.91 Å². The lowest BCUT2D eigenvalue weighted by molar-refractivity contribution is 0.0925. The van der Waals surface area contributed by atoms with Gasteiger partial charge in [0.1, 0.15) is 0 Å². The van der Waals surface area contributed by atoms with Crippen LogP contribution in [0.15, 0.2) is 24.3 Å². The van der Waals surface area contributed by atoms with Crippen molar-refractivity contribution in [2.45, 2.75) is 31.8 Å². The van der Waals surface area contributed by atoms with Crippen molar-refractivity contribution in [3.63, 3.8) is 0 Å². The second-order valence-corrected chi connectivity index (χ2v) is 6.73. The Hall–Kier alpha value is -1.56. The fourth-order valence-corrected chi connectivity index (χ4v) is 3.32. The summed E-state index contributed by atoms with van der Waals surface area (Å²) >= 11 is 5.97. The summed E-state index contributed by atoms with van der Waals surface area (Å²) in [7, 11) is 0. The number of hydrogen-bond acceptors (Lipinski definition) is 3. The third-order valence-corrected chi connectivity index (χ3v) is 4.88. The van der Waals surface area contributed by atoms with Crippen LogP contribution in [0.3, 0.4) is 0 Å². The molecule has 1 atom stereocenters. The number of amides is 1. The molecule has 128 valence electrons. The first-order valence-corrected chi connectivity index (χ1v) is 8.43. The van der Waals surface area contributed by atoms with E-state index in [0.717, 1.165) is 42.6 Å². The topological polar surface area (TPSA) is 69.8 Å². The van der Waals surface area contributed by atoms with Crippen molar-refractivity contribution >= 4 is 29.9 Å². The first-order valence-electron chi connectivity index (χ1n) is 8.05. The molecule has 0 radical (unpaired) electrons. The number of carbonyl (C=O) groups is 1. The van der Waals surface area contributed by atoms with E-state index in [4.69, 9.17) is 11.6 Å². The van der Waals surface area contributed by atoms with E-state index in [0.29, 0.717) is 23.2 Å². The van der Waals surface area contributed by atoms with E-state index < -0.39 is 0 Å². The number of carbonyl (C=O) groups excluding carboxylic acids is 1. The van der Waals surface area contributed by atoms with Crippen molar-refractivity contribution in [3.8, 4) is 0 Å². The van der Waals surface area contributed by atoms with Crippen LogP contribution >= 0.6 is 24.0 Å². The summed E-state index contributed by atoms with van der Waals surface area (Å²) in [4.78, 5) is 12.7. The zero-order valence-corrected chi connectivity index (χ0v) is 14.7. The second kappa shape index (κ2) is 7.13. The zero-order valence-electron chi connectivity index (χ0n) is 13.1. The third kappa shape index (κ3) is 3.43. The summed E-state index contributed by atoms with van der Waals surface area (Å²) in [5, 5.41) is 14.4. The zero-order chi connectivity index (χ0) is 15.8. The molecule has 24 heavy (non-hydrogen) atoms. The molecule has 1 unspecified atom stereocenters. The van der Waals surface area contributed by atoms with Crippen LogP contribution in [0, 0.1) is 5.92 Å². The summed E-state index contributed by atoms with van der Waals surface area (Å²) in [5.74, 6) is 0.408.